The molecule has 102 valence electrons. The molecule has 0 aliphatic rings. The average Bonchev–Trinajstić information content (AvgIpc) is 2.34. The lowest BCUT2D eigenvalue weighted by Crippen LogP contribution is -2.01. The smallest absolute Gasteiger partial charge is 0.261 e. The van der Waals surface area contributed by atoms with Gasteiger partial charge in [-0.2, -0.15) is 0 Å². The van der Waals surface area contributed by atoms with E-state index in [0.717, 1.165) is 0 Å². The number of benzene rings is 1. The van der Waals surface area contributed by atoms with E-state index in [4.69, 9.17) is 27.0 Å². The third-order valence-corrected chi connectivity index (χ3v) is 3.93. The highest BCUT2D eigenvalue weighted by Gasteiger charge is 2.17. The number of nitrogens with zero attached hydrogens (tertiary/aromatic N) is 1. The van der Waals surface area contributed by atoms with Crippen molar-refractivity contribution in [1.82, 2.24) is 4.98 Å². The Hall–Kier alpha value is -1.11. The Morgan fingerprint density at radius 1 is 1.26 bits per heavy atom. The summed E-state index contributed by atoms with van der Waals surface area (Å²) in [7, 11) is 1.42. The molecule has 0 atom stereocenters. The minimum Gasteiger partial charge on any atom is -0.489 e. The zero-order valence-corrected chi connectivity index (χ0v) is 11.8. The molecule has 0 N–H and O–H groups in total. The van der Waals surface area contributed by atoms with Gasteiger partial charge < -0.3 is 4.74 Å². The summed E-state index contributed by atoms with van der Waals surface area (Å²) in [6.45, 7) is -0.826. The first-order valence-corrected chi connectivity index (χ1v) is 7.85. The molecule has 0 saturated heterocycles. The summed E-state index contributed by atoms with van der Waals surface area (Å²) in [5.74, 6) is 0.249. The van der Waals surface area contributed by atoms with Crippen molar-refractivity contribution in [2.45, 2.75) is 4.90 Å². The van der Waals surface area contributed by atoms with Gasteiger partial charge in [0.15, 0.2) is 0 Å². The molecule has 0 unspecified atom stereocenters. The molecule has 0 saturated carbocycles. The van der Waals surface area contributed by atoms with Crippen molar-refractivity contribution in [2.24, 2.45) is 0 Å². The molecule has 19 heavy (non-hydrogen) atoms. The molecular weight excluding hydrogens is 316 g/mol. The molecule has 0 fully saturated rings. The van der Waals surface area contributed by atoms with Gasteiger partial charge in [0.05, 0.1) is 4.90 Å². The summed E-state index contributed by atoms with van der Waals surface area (Å²) in [4.78, 5) is 3.90. The largest absolute Gasteiger partial charge is 0.489 e. The van der Waals surface area contributed by atoms with Gasteiger partial charge in [0.1, 0.15) is 29.7 Å². The summed E-state index contributed by atoms with van der Waals surface area (Å²) < 4.78 is 40.2. The fraction of sp³-hybridized carbons (Fsp3) is 0.182. The topological polar surface area (TPSA) is 56.3 Å². The molecule has 4 nitrogen and oxygen atoms in total. The third kappa shape index (κ3) is 3.08. The van der Waals surface area contributed by atoms with Crippen molar-refractivity contribution < 1.29 is 17.5 Å². The zero-order chi connectivity index (χ0) is 14.0. The highest BCUT2D eigenvalue weighted by molar-refractivity contribution is 8.14. The Balaban J connectivity index is 2.72. The van der Waals surface area contributed by atoms with Gasteiger partial charge in [-0.15, -0.1) is 0 Å². The molecule has 1 aromatic carbocycles. The highest BCUT2D eigenvalue weighted by atomic mass is 35.7. The van der Waals surface area contributed by atoms with Crippen molar-refractivity contribution >= 4 is 42.2 Å². The Morgan fingerprint density at radius 2 is 2.00 bits per heavy atom. The molecule has 0 spiro atoms. The predicted octanol–water partition coefficient (Wildman–Crippen LogP) is 3.16. The minimum absolute atomic E-state index is 0.0964. The van der Waals surface area contributed by atoms with Gasteiger partial charge >= 0.3 is 0 Å². The summed E-state index contributed by atoms with van der Waals surface area (Å²) in [6.07, 6.45) is 0. The molecule has 0 aliphatic carbocycles. The van der Waals surface area contributed by atoms with Crippen molar-refractivity contribution in [3.63, 3.8) is 0 Å². The minimum atomic E-state index is -3.92. The second-order valence-electron chi connectivity index (χ2n) is 3.57. The van der Waals surface area contributed by atoms with E-state index in [9.17, 15) is 12.8 Å². The molecule has 2 rings (SSSR count). The molecule has 0 amide bonds. The summed E-state index contributed by atoms with van der Waals surface area (Å²) in [5, 5.41) is 0.442. The van der Waals surface area contributed by atoms with Crippen LogP contribution in [0.25, 0.3) is 10.9 Å². The zero-order valence-electron chi connectivity index (χ0n) is 9.44. The van der Waals surface area contributed by atoms with E-state index < -0.39 is 15.7 Å². The van der Waals surface area contributed by atoms with Crippen LogP contribution >= 0.6 is 22.3 Å². The van der Waals surface area contributed by atoms with Gasteiger partial charge in [-0.25, -0.2) is 17.8 Å². The van der Waals surface area contributed by atoms with Crippen LogP contribution in [0.1, 0.15) is 0 Å². The van der Waals surface area contributed by atoms with Crippen LogP contribution in [-0.4, -0.2) is 26.7 Å². The van der Waals surface area contributed by atoms with Crippen LogP contribution < -0.4 is 4.74 Å². The summed E-state index contributed by atoms with van der Waals surface area (Å²) in [6, 6.07) is 5.57. The van der Waals surface area contributed by atoms with Crippen LogP contribution in [0.3, 0.4) is 0 Å². The molecular formula is C11H8Cl2FNO3S. The highest BCUT2D eigenvalue weighted by Crippen LogP contribution is 2.32. The fourth-order valence-corrected chi connectivity index (χ4v) is 2.83. The molecule has 0 radical (unpaired) electrons. The van der Waals surface area contributed by atoms with E-state index in [1.54, 1.807) is 0 Å². The number of rotatable bonds is 4. The van der Waals surface area contributed by atoms with Crippen molar-refractivity contribution in [1.29, 1.82) is 0 Å². The van der Waals surface area contributed by atoms with Crippen LogP contribution in [0.15, 0.2) is 29.2 Å². The second kappa shape index (κ2) is 5.48. The Morgan fingerprint density at radius 3 is 2.63 bits per heavy atom. The average molecular weight is 324 g/mol. The van der Waals surface area contributed by atoms with E-state index in [1.165, 1.54) is 24.3 Å². The summed E-state index contributed by atoms with van der Waals surface area (Å²) in [5.41, 5.74) is 0.225. The lowest BCUT2D eigenvalue weighted by molar-refractivity contribution is 0.275. The van der Waals surface area contributed by atoms with E-state index in [0.29, 0.717) is 0 Å². The molecule has 1 aromatic heterocycles. The van der Waals surface area contributed by atoms with Crippen molar-refractivity contribution in [2.75, 3.05) is 13.3 Å². The van der Waals surface area contributed by atoms with Crippen LogP contribution in [0.4, 0.5) is 4.39 Å². The SMILES string of the molecule is O=S(=O)(Cl)c1ccc(OCCF)c2nc(Cl)ccc12. The van der Waals surface area contributed by atoms with Crippen molar-refractivity contribution in [3.8, 4) is 5.75 Å². The maximum Gasteiger partial charge on any atom is 0.261 e. The number of alkyl halides is 1. The Labute approximate surface area is 118 Å². The molecule has 2 aromatic rings. The number of hydrogen-bond acceptors (Lipinski definition) is 4. The Bertz CT molecular complexity index is 721. The van der Waals surface area contributed by atoms with Crippen LogP contribution in [-0.2, 0) is 9.05 Å². The van der Waals surface area contributed by atoms with E-state index in [1.807, 2.05) is 0 Å². The molecule has 0 aliphatic heterocycles. The standard InChI is InChI=1S/C11H8Cl2FNO3S/c12-10-4-1-7-9(19(13,16)17)3-2-8(11(7)15-10)18-6-5-14/h1-4H,5-6H2. The maximum atomic E-state index is 12.1. The second-order valence-corrected chi connectivity index (χ2v) is 6.49. The first kappa shape index (κ1) is 14.3. The molecule has 0 bridgehead atoms. The van der Waals surface area contributed by atoms with E-state index >= 15 is 0 Å². The molecule has 8 heteroatoms. The quantitative estimate of drug-likeness (QED) is 0.640. The van der Waals surface area contributed by atoms with E-state index in [2.05, 4.69) is 4.98 Å². The first-order chi connectivity index (χ1) is 8.93. The van der Waals surface area contributed by atoms with Gasteiger partial charge in [-0.1, -0.05) is 11.6 Å². The van der Waals surface area contributed by atoms with Crippen LogP contribution in [0.5, 0.6) is 5.75 Å². The first-order valence-electron chi connectivity index (χ1n) is 5.16. The lowest BCUT2D eigenvalue weighted by Gasteiger charge is -2.09. The van der Waals surface area contributed by atoms with Crippen LogP contribution in [0, 0.1) is 0 Å². The van der Waals surface area contributed by atoms with Crippen LogP contribution in [0.2, 0.25) is 5.15 Å². The number of halogens is 3. The van der Waals surface area contributed by atoms with Gasteiger partial charge in [-0.3, -0.25) is 0 Å². The van der Waals surface area contributed by atoms with Gasteiger partial charge in [0, 0.05) is 16.1 Å². The van der Waals surface area contributed by atoms with Gasteiger partial charge in [0.2, 0.25) is 0 Å². The van der Waals surface area contributed by atoms with Crippen molar-refractivity contribution in [3.05, 3.63) is 29.4 Å². The normalized spacial score (nSPS) is 11.7. The number of fused-ring (bicyclic) bond motifs is 1. The predicted molar refractivity (Wildman–Crippen MR) is 71.3 cm³/mol. The van der Waals surface area contributed by atoms with Gasteiger partial charge in [-0.05, 0) is 24.3 Å². The number of aromatic nitrogens is 1. The summed E-state index contributed by atoms with van der Waals surface area (Å²) >= 11 is 5.77. The molecule has 1 heterocycles. The Kier molecular flexibility index (Phi) is 4.13. The number of ether oxygens (including phenoxy) is 1. The lowest BCUT2D eigenvalue weighted by atomic mass is 10.2. The van der Waals surface area contributed by atoms with Gasteiger partial charge in [0.25, 0.3) is 9.05 Å². The fourth-order valence-electron chi connectivity index (χ4n) is 1.62. The third-order valence-electron chi connectivity index (χ3n) is 2.34. The monoisotopic (exact) mass is 323 g/mol. The number of pyridine rings is 1. The maximum absolute atomic E-state index is 12.1. The number of hydrogen-bond donors (Lipinski definition) is 0. The van der Waals surface area contributed by atoms with E-state index in [-0.39, 0.29) is 33.3 Å².